The second-order valence-corrected chi connectivity index (χ2v) is 8.60. The van der Waals surface area contributed by atoms with Crippen molar-refractivity contribution >= 4 is 38.6 Å². The van der Waals surface area contributed by atoms with E-state index in [-0.39, 0.29) is 11.4 Å². The van der Waals surface area contributed by atoms with E-state index in [1.807, 2.05) is 6.07 Å². The quantitative estimate of drug-likeness (QED) is 0.250. The van der Waals surface area contributed by atoms with Crippen molar-refractivity contribution in [3.63, 3.8) is 0 Å². The smallest absolute Gasteiger partial charge is 0.257 e. The Hall–Kier alpha value is -3.98. The highest BCUT2D eigenvalue weighted by atomic mass is 79.9. The van der Waals surface area contributed by atoms with Crippen LogP contribution in [0.3, 0.4) is 0 Å². The number of nitrogens with one attached hydrogen (secondary N) is 1. The molecule has 0 aliphatic carbocycles. The molecule has 182 valence electrons. The fourth-order valence-corrected chi connectivity index (χ4v) is 4.28. The SMILES string of the molecule is C=C/C=C(\C(F)=C(/C)F)c1nc(Br)c2c(-c3cnc(C)c(C(=O)Nc4ccc(F)cc4)c3)cccn12. The topological polar surface area (TPSA) is 59.3 Å². The van der Waals surface area contributed by atoms with Crippen LogP contribution in [0.2, 0.25) is 0 Å². The minimum absolute atomic E-state index is 0.0655. The lowest BCUT2D eigenvalue weighted by Gasteiger charge is -2.11. The number of anilines is 1. The van der Waals surface area contributed by atoms with Gasteiger partial charge in [-0.2, -0.15) is 0 Å². The van der Waals surface area contributed by atoms with E-state index < -0.39 is 23.4 Å². The molecular formula is C27H20BrF3N4O. The number of allylic oxidation sites excluding steroid dienone is 5. The summed E-state index contributed by atoms with van der Waals surface area (Å²) in [6.07, 6.45) is 5.99. The summed E-state index contributed by atoms with van der Waals surface area (Å²) in [7, 11) is 0. The Bertz CT molecular complexity index is 1550. The number of benzene rings is 1. The van der Waals surface area contributed by atoms with Crippen LogP contribution in [-0.4, -0.2) is 20.3 Å². The zero-order chi connectivity index (χ0) is 26.0. The maximum absolute atomic E-state index is 14.7. The number of fused-ring (bicyclic) bond motifs is 1. The first-order chi connectivity index (χ1) is 17.2. The maximum atomic E-state index is 14.7. The second kappa shape index (κ2) is 10.3. The summed E-state index contributed by atoms with van der Waals surface area (Å²) in [6.45, 7) is 6.32. The fourth-order valence-electron chi connectivity index (χ4n) is 3.71. The average Bonchev–Trinajstić information content (AvgIpc) is 3.20. The lowest BCUT2D eigenvalue weighted by atomic mass is 10.0. The normalized spacial score (nSPS) is 12.4. The van der Waals surface area contributed by atoms with Gasteiger partial charge in [0.05, 0.1) is 22.3 Å². The molecule has 4 rings (SSSR count). The standard InChI is InChI=1S/C27H20BrF3N4O/c1-4-6-21(23(31)15(2)29)26-34-25(28)24-20(7-5-12-35(24)26)17-13-22(16(3)32-14-17)27(36)33-19-10-8-18(30)9-11-19/h4-14H,1H2,2-3H3,(H,33,36)/b21-6+,23-15-. The molecule has 1 aromatic carbocycles. The van der Waals surface area contributed by atoms with E-state index in [2.05, 4.69) is 37.8 Å². The van der Waals surface area contributed by atoms with Crippen LogP contribution < -0.4 is 5.32 Å². The number of amides is 1. The van der Waals surface area contributed by atoms with Crippen molar-refractivity contribution in [2.24, 2.45) is 0 Å². The van der Waals surface area contributed by atoms with Gasteiger partial charge in [-0.1, -0.05) is 18.7 Å². The van der Waals surface area contributed by atoms with Crippen LogP contribution in [0.1, 0.15) is 28.8 Å². The van der Waals surface area contributed by atoms with Crippen LogP contribution in [0.5, 0.6) is 0 Å². The van der Waals surface area contributed by atoms with E-state index in [1.165, 1.54) is 36.4 Å². The van der Waals surface area contributed by atoms with Crippen molar-refractivity contribution in [2.75, 3.05) is 5.32 Å². The van der Waals surface area contributed by atoms with E-state index in [0.717, 1.165) is 6.92 Å². The Morgan fingerprint density at radius 1 is 1.19 bits per heavy atom. The van der Waals surface area contributed by atoms with Gasteiger partial charge in [0.2, 0.25) is 0 Å². The van der Waals surface area contributed by atoms with E-state index >= 15 is 0 Å². The summed E-state index contributed by atoms with van der Waals surface area (Å²) in [6, 6.07) is 10.7. The molecule has 3 heterocycles. The van der Waals surface area contributed by atoms with E-state index in [9.17, 15) is 18.0 Å². The van der Waals surface area contributed by atoms with Crippen molar-refractivity contribution in [3.05, 3.63) is 113 Å². The first kappa shape index (κ1) is 25.1. The van der Waals surface area contributed by atoms with Crippen molar-refractivity contribution < 1.29 is 18.0 Å². The molecule has 1 amide bonds. The highest BCUT2D eigenvalue weighted by Crippen LogP contribution is 2.35. The van der Waals surface area contributed by atoms with Gasteiger partial charge in [0.25, 0.3) is 5.91 Å². The van der Waals surface area contributed by atoms with Crippen LogP contribution in [0.4, 0.5) is 18.9 Å². The van der Waals surface area contributed by atoms with E-state index in [0.29, 0.717) is 38.2 Å². The van der Waals surface area contributed by atoms with Crippen molar-refractivity contribution in [2.45, 2.75) is 13.8 Å². The van der Waals surface area contributed by atoms with Crippen molar-refractivity contribution in [1.29, 1.82) is 0 Å². The molecule has 0 unspecified atom stereocenters. The van der Waals surface area contributed by atoms with Crippen LogP contribution in [0, 0.1) is 12.7 Å². The van der Waals surface area contributed by atoms with Gasteiger partial charge in [-0.05, 0) is 72.3 Å². The summed E-state index contributed by atoms with van der Waals surface area (Å²) < 4.78 is 43.6. The summed E-state index contributed by atoms with van der Waals surface area (Å²) in [4.78, 5) is 21.8. The molecule has 0 aliphatic heterocycles. The minimum Gasteiger partial charge on any atom is -0.322 e. The molecule has 0 radical (unpaired) electrons. The zero-order valence-corrected chi connectivity index (χ0v) is 20.9. The monoisotopic (exact) mass is 552 g/mol. The number of aromatic nitrogens is 3. The van der Waals surface area contributed by atoms with Gasteiger partial charge in [-0.3, -0.25) is 14.2 Å². The number of hydrogen-bond donors (Lipinski definition) is 1. The Labute approximate surface area is 213 Å². The summed E-state index contributed by atoms with van der Waals surface area (Å²) in [5.74, 6) is -2.67. The Morgan fingerprint density at radius 2 is 1.92 bits per heavy atom. The average molecular weight is 553 g/mol. The Morgan fingerprint density at radius 3 is 2.58 bits per heavy atom. The molecule has 36 heavy (non-hydrogen) atoms. The largest absolute Gasteiger partial charge is 0.322 e. The maximum Gasteiger partial charge on any atom is 0.257 e. The third-order valence-corrected chi connectivity index (χ3v) is 5.98. The number of imidazole rings is 1. The van der Waals surface area contributed by atoms with Crippen molar-refractivity contribution in [3.8, 4) is 11.1 Å². The number of aryl methyl sites for hydroxylation is 1. The molecule has 4 aromatic rings. The number of pyridine rings is 2. The molecule has 0 saturated heterocycles. The highest BCUT2D eigenvalue weighted by molar-refractivity contribution is 9.10. The molecule has 0 spiro atoms. The number of hydrogen-bond acceptors (Lipinski definition) is 3. The molecule has 0 saturated carbocycles. The Balaban J connectivity index is 1.82. The number of nitrogens with zero attached hydrogens (tertiary/aromatic N) is 3. The lowest BCUT2D eigenvalue weighted by Crippen LogP contribution is -2.14. The van der Waals surface area contributed by atoms with E-state index in [1.54, 1.807) is 35.9 Å². The summed E-state index contributed by atoms with van der Waals surface area (Å²) in [5.41, 5.74) is 3.03. The molecule has 0 atom stereocenters. The Kier molecular flexibility index (Phi) is 7.21. The number of rotatable bonds is 6. The summed E-state index contributed by atoms with van der Waals surface area (Å²) >= 11 is 3.44. The molecular weight excluding hydrogens is 533 g/mol. The van der Waals surface area contributed by atoms with Crippen molar-refractivity contribution in [1.82, 2.24) is 14.4 Å². The molecule has 5 nitrogen and oxygen atoms in total. The van der Waals surface area contributed by atoms with Crippen LogP contribution in [-0.2, 0) is 0 Å². The lowest BCUT2D eigenvalue weighted by molar-refractivity contribution is 0.102. The van der Waals surface area contributed by atoms with E-state index in [4.69, 9.17) is 0 Å². The first-order valence-corrected chi connectivity index (χ1v) is 11.6. The molecule has 0 bridgehead atoms. The third kappa shape index (κ3) is 4.87. The molecule has 0 fully saturated rings. The van der Waals surface area contributed by atoms with Gasteiger partial charge >= 0.3 is 0 Å². The molecule has 1 N–H and O–H groups in total. The minimum atomic E-state index is -1.04. The van der Waals surface area contributed by atoms with Gasteiger partial charge in [0.1, 0.15) is 22.1 Å². The van der Waals surface area contributed by atoms with Gasteiger partial charge in [0, 0.05) is 29.2 Å². The second-order valence-electron chi connectivity index (χ2n) is 7.85. The van der Waals surface area contributed by atoms with Gasteiger partial charge in [0.15, 0.2) is 5.83 Å². The number of carbonyl (C=O) groups is 1. The molecule has 9 heteroatoms. The predicted octanol–water partition coefficient (Wildman–Crippen LogP) is 7.60. The summed E-state index contributed by atoms with van der Waals surface area (Å²) in [5, 5.41) is 2.74. The predicted molar refractivity (Wildman–Crippen MR) is 138 cm³/mol. The van der Waals surface area contributed by atoms with Gasteiger partial charge in [-0.15, -0.1) is 0 Å². The highest BCUT2D eigenvalue weighted by Gasteiger charge is 2.21. The molecule has 0 aliphatic rings. The molecule has 3 aromatic heterocycles. The zero-order valence-electron chi connectivity index (χ0n) is 19.3. The van der Waals surface area contributed by atoms with Crippen LogP contribution >= 0.6 is 15.9 Å². The fraction of sp³-hybridized carbons (Fsp3) is 0.0741. The first-order valence-electron chi connectivity index (χ1n) is 10.8. The number of halogens is 4. The third-order valence-electron chi connectivity index (χ3n) is 5.43. The van der Waals surface area contributed by atoms with Crippen LogP contribution in [0.25, 0.3) is 22.2 Å². The number of carbonyl (C=O) groups excluding carboxylic acids is 1. The van der Waals surface area contributed by atoms with Gasteiger partial charge in [-0.25, -0.2) is 18.2 Å². The van der Waals surface area contributed by atoms with Gasteiger partial charge < -0.3 is 5.32 Å². The van der Waals surface area contributed by atoms with Crippen LogP contribution in [0.15, 0.2) is 89.8 Å².